The predicted molar refractivity (Wildman–Crippen MR) is 124 cm³/mol. The average molecular weight is 477 g/mol. The van der Waals surface area contributed by atoms with E-state index in [0.29, 0.717) is 51.2 Å². The molecule has 10 heteroatoms. The topological polar surface area (TPSA) is 93.5 Å². The molecule has 0 saturated carbocycles. The number of morpholine rings is 1. The van der Waals surface area contributed by atoms with Crippen LogP contribution in [-0.2, 0) is 32.5 Å². The van der Waals surface area contributed by atoms with Crippen LogP contribution in [0.4, 0.5) is 0 Å². The zero-order valence-corrected chi connectivity index (χ0v) is 19.9. The smallest absolute Gasteiger partial charge is 0.243 e. The van der Waals surface area contributed by atoms with Gasteiger partial charge in [0.05, 0.1) is 35.2 Å². The fourth-order valence-corrected chi connectivity index (χ4v) is 6.11. The van der Waals surface area contributed by atoms with Crippen LogP contribution in [0.15, 0.2) is 40.6 Å². The molecule has 1 saturated heterocycles. The summed E-state index contributed by atoms with van der Waals surface area (Å²) in [5.74, 6) is 0.749. The Morgan fingerprint density at radius 1 is 1.28 bits per heavy atom. The summed E-state index contributed by atoms with van der Waals surface area (Å²) in [6.45, 7) is 6.20. The summed E-state index contributed by atoms with van der Waals surface area (Å²) in [6.07, 6.45) is 0.801. The number of carbonyl (C=O) groups excluding carboxylic acids is 1. The first-order valence-corrected chi connectivity index (χ1v) is 13.1. The zero-order chi connectivity index (χ0) is 22.7. The Morgan fingerprint density at radius 2 is 2.06 bits per heavy atom. The van der Waals surface area contributed by atoms with Crippen LogP contribution in [-0.4, -0.2) is 54.5 Å². The highest BCUT2D eigenvalue weighted by atomic mass is 32.2. The number of hydrogen-bond donors (Lipinski definition) is 1. The fraction of sp³-hybridized carbons (Fsp3) is 0.455. The molecular formula is C22H28N4O4S2. The van der Waals surface area contributed by atoms with E-state index < -0.39 is 10.0 Å². The second-order valence-electron chi connectivity index (χ2n) is 7.74. The van der Waals surface area contributed by atoms with Crippen LogP contribution >= 0.6 is 11.3 Å². The molecule has 3 aromatic rings. The van der Waals surface area contributed by atoms with Gasteiger partial charge in [0, 0.05) is 37.4 Å². The van der Waals surface area contributed by atoms with Crippen LogP contribution in [0.25, 0.3) is 11.0 Å². The van der Waals surface area contributed by atoms with Crippen molar-refractivity contribution in [3.05, 3.63) is 46.4 Å². The maximum atomic E-state index is 13.0. The van der Waals surface area contributed by atoms with Crippen molar-refractivity contribution < 1.29 is 17.9 Å². The van der Waals surface area contributed by atoms with Gasteiger partial charge >= 0.3 is 0 Å². The molecule has 1 aliphatic heterocycles. The molecule has 0 spiro atoms. The number of aryl methyl sites for hydroxylation is 2. The Labute approximate surface area is 192 Å². The van der Waals surface area contributed by atoms with Crippen LogP contribution in [0.1, 0.15) is 37.0 Å². The molecule has 1 unspecified atom stereocenters. The van der Waals surface area contributed by atoms with Crippen molar-refractivity contribution in [2.24, 2.45) is 0 Å². The lowest BCUT2D eigenvalue weighted by atomic mass is 10.2. The second-order valence-corrected chi connectivity index (χ2v) is 10.7. The quantitative estimate of drug-likeness (QED) is 0.540. The van der Waals surface area contributed by atoms with E-state index in [2.05, 4.69) is 10.3 Å². The first-order valence-electron chi connectivity index (χ1n) is 10.8. The molecule has 2 aromatic heterocycles. The number of benzene rings is 1. The summed E-state index contributed by atoms with van der Waals surface area (Å²) in [5.41, 5.74) is 1.50. The van der Waals surface area contributed by atoms with E-state index in [-0.39, 0.29) is 16.8 Å². The van der Waals surface area contributed by atoms with E-state index in [1.54, 1.807) is 23.5 Å². The molecule has 4 rings (SSSR count). The molecule has 1 amide bonds. The highest BCUT2D eigenvalue weighted by molar-refractivity contribution is 7.89. The summed E-state index contributed by atoms with van der Waals surface area (Å²) < 4.78 is 34.7. The number of rotatable bonds is 8. The molecule has 0 bridgehead atoms. The van der Waals surface area contributed by atoms with Crippen LogP contribution in [0.5, 0.6) is 0 Å². The van der Waals surface area contributed by atoms with Gasteiger partial charge in [-0.05, 0) is 43.5 Å². The van der Waals surface area contributed by atoms with Crippen LogP contribution < -0.4 is 5.32 Å². The molecule has 3 heterocycles. The Morgan fingerprint density at radius 3 is 2.75 bits per heavy atom. The number of amides is 1. The van der Waals surface area contributed by atoms with Gasteiger partial charge in [-0.2, -0.15) is 4.31 Å². The zero-order valence-electron chi connectivity index (χ0n) is 18.3. The summed E-state index contributed by atoms with van der Waals surface area (Å²) >= 11 is 1.62. The van der Waals surface area contributed by atoms with Crippen molar-refractivity contribution in [3.8, 4) is 0 Å². The number of ether oxygens (including phenoxy) is 1. The lowest BCUT2D eigenvalue weighted by molar-refractivity contribution is -0.121. The minimum atomic E-state index is -3.58. The molecule has 1 aromatic carbocycles. The number of carbonyl (C=O) groups is 1. The number of fused-ring (bicyclic) bond motifs is 1. The molecule has 8 nitrogen and oxygen atoms in total. The molecule has 1 N–H and O–H groups in total. The minimum Gasteiger partial charge on any atom is -0.379 e. The molecule has 172 valence electrons. The SMILES string of the molecule is CCn1c(CCC(=O)NC(C)c2cccs2)nc2cc(S(=O)(=O)N3CCOCC3)ccc21. The standard InChI is InChI=1S/C22H28N4O4S2/c1-3-26-19-7-6-17(32(28,29)25-10-12-30-13-11-25)15-18(19)24-21(26)8-9-22(27)23-16(2)20-5-4-14-31-20/h4-7,14-16H,3,8-13H2,1-2H3,(H,23,27). The summed E-state index contributed by atoms with van der Waals surface area (Å²) in [4.78, 5) is 18.5. The number of sulfonamides is 1. The molecule has 0 aliphatic carbocycles. The molecule has 32 heavy (non-hydrogen) atoms. The fourth-order valence-electron chi connectivity index (χ4n) is 3.95. The number of aromatic nitrogens is 2. The van der Waals surface area contributed by atoms with Crippen LogP contribution in [0.2, 0.25) is 0 Å². The highest BCUT2D eigenvalue weighted by Gasteiger charge is 2.27. The van der Waals surface area contributed by atoms with Gasteiger partial charge in [-0.1, -0.05) is 6.07 Å². The van der Waals surface area contributed by atoms with E-state index in [4.69, 9.17) is 4.74 Å². The Bertz CT molecular complexity index is 1180. The van der Waals surface area contributed by atoms with Gasteiger partial charge in [0.15, 0.2) is 0 Å². The van der Waals surface area contributed by atoms with E-state index in [9.17, 15) is 13.2 Å². The van der Waals surface area contributed by atoms with Crippen molar-refractivity contribution >= 4 is 38.3 Å². The van der Waals surface area contributed by atoms with E-state index in [0.717, 1.165) is 16.2 Å². The summed E-state index contributed by atoms with van der Waals surface area (Å²) in [5, 5.41) is 5.02. The predicted octanol–water partition coefficient (Wildman–Crippen LogP) is 2.95. The third-order valence-electron chi connectivity index (χ3n) is 5.65. The molecular weight excluding hydrogens is 448 g/mol. The van der Waals surface area contributed by atoms with Gasteiger partial charge in [-0.15, -0.1) is 11.3 Å². The Balaban J connectivity index is 1.50. The van der Waals surface area contributed by atoms with Gasteiger partial charge in [0.1, 0.15) is 5.82 Å². The molecule has 1 aliphatic rings. The number of nitrogens with zero attached hydrogens (tertiary/aromatic N) is 3. The third kappa shape index (κ3) is 4.73. The molecule has 1 atom stereocenters. The van der Waals surface area contributed by atoms with Crippen molar-refractivity contribution in [1.82, 2.24) is 19.2 Å². The van der Waals surface area contributed by atoms with Gasteiger partial charge in [-0.25, -0.2) is 13.4 Å². The van der Waals surface area contributed by atoms with Gasteiger partial charge in [-0.3, -0.25) is 4.79 Å². The van der Waals surface area contributed by atoms with Crippen molar-refractivity contribution in [3.63, 3.8) is 0 Å². The van der Waals surface area contributed by atoms with Gasteiger partial charge in [0.2, 0.25) is 15.9 Å². The first-order chi connectivity index (χ1) is 15.4. The van der Waals surface area contributed by atoms with Crippen LogP contribution in [0, 0.1) is 0 Å². The average Bonchev–Trinajstić information content (AvgIpc) is 3.45. The van der Waals surface area contributed by atoms with Crippen molar-refractivity contribution in [1.29, 1.82) is 0 Å². The molecule has 1 fully saturated rings. The van der Waals surface area contributed by atoms with Crippen LogP contribution in [0.3, 0.4) is 0 Å². The molecule has 0 radical (unpaired) electrons. The highest BCUT2D eigenvalue weighted by Crippen LogP contribution is 2.24. The third-order valence-corrected chi connectivity index (χ3v) is 8.60. The van der Waals surface area contributed by atoms with Gasteiger partial charge in [0.25, 0.3) is 0 Å². The first kappa shape index (κ1) is 22.9. The largest absolute Gasteiger partial charge is 0.379 e. The second kappa shape index (κ2) is 9.70. The Hall–Kier alpha value is -2.27. The maximum absolute atomic E-state index is 13.0. The monoisotopic (exact) mass is 476 g/mol. The van der Waals surface area contributed by atoms with E-state index in [1.165, 1.54) is 4.31 Å². The van der Waals surface area contributed by atoms with Crippen molar-refractivity contribution in [2.75, 3.05) is 26.3 Å². The Kier molecular flexibility index (Phi) is 6.94. The normalized spacial score (nSPS) is 16.3. The van der Waals surface area contributed by atoms with E-state index in [1.807, 2.05) is 42.0 Å². The van der Waals surface area contributed by atoms with Gasteiger partial charge < -0.3 is 14.6 Å². The minimum absolute atomic E-state index is 0.0274. The lowest BCUT2D eigenvalue weighted by Crippen LogP contribution is -2.40. The number of nitrogens with one attached hydrogen (secondary N) is 1. The number of imidazole rings is 1. The van der Waals surface area contributed by atoms with Crippen molar-refractivity contribution in [2.45, 2.75) is 44.2 Å². The summed E-state index contributed by atoms with van der Waals surface area (Å²) in [7, 11) is -3.58. The number of thiophene rings is 1. The number of hydrogen-bond acceptors (Lipinski definition) is 6. The lowest BCUT2D eigenvalue weighted by Gasteiger charge is -2.26. The maximum Gasteiger partial charge on any atom is 0.243 e. The van der Waals surface area contributed by atoms with E-state index >= 15 is 0 Å². The summed E-state index contributed by atoms with van der Waals surface area (Å²) in [6, 6.07) is 9.03.